The Morgan fingerprint density at radius 1 is 1.08 bits per heavy atom. The lowest BCUT2D eigenvalue weighted by molar-refractivity contribution is -0.0802. The van der Waals surface area contributed by atoms with E-state index in [2.05, 4.69) is 15.0 Å². The summed E-state index contributed by atoms with van der Waals surface area (Å²) in [6.07, 6.45) is 5.08. The molecule has 6 rings (SSSR count). The van der Waals surface area contributed by atoms with Gasteiger partial charge in [0.1, 0.15) is 22.8 Å². The topological polar surface area (TPSA) is 113 Å². The normalized spacial score (nSPS) is 26.8. The van der Waals surface area contributed by atoms with E-state index in [1.54, 1.807) is 29.5 Å². The zero-order chi connectivity index (χ0) is 27.5. The fourth-order valence-corrected chi connectivity index (χ4v) is 5.73. The molecule has 2 aliphatic carbocycles. The molecule has 39 heavy (non-hydrogen) atoms. The van der Waals surface area contributed by atoms with Crippen LogP contribution in [0.25, 0.3) is 16.8 Å². The van der Waals surface area contributed by atoms with Crippen LogP contribution in [0.4, 0.5) is 13.2 Å². The lowest BCUT2D eigenvalue weighted by atomic mass is 9.76. The zero-order valence-electron chi connectivity index (χ0n) is 21.1. The number of hydrogen-bond acceptors (Lipinski definition) is 7. The molecule has 0 aliphatic heterocycles. The van der Waals surface area contributed by atoms with Gasteiger partial charge in [-0.3, -0.25) is 0 Å². The molecule has 8 nitrogen and oxygen atoms in total. The van der Waals surface area contributed by atoms with Crippen molar-refractivity contribution in [1.82, 2.24) is 19.4 Å². The average Bonchev–Trinajstić information content (AvgIpc) is 3.42. The molecule has 3 N–H and O–H groups in total. The lowest BCUT2D eigenvalue weighted by Gasteiger charge is -2.38. The van der Waals surface area contributed by atoms with E-state index >= 15 is 4.39 Å². The second-order valence-electron chi connectivity index (χ2n) is 10.7. The van der Waals surface area contributed by atoms with Crippen molar-refractivity contribution in [3.8, 4) is 16.9 Å². The number of alkyl halides is 2. The largest absolute Gasteiger partial charge is 0.435 e. The first-order chi connectivity index (χ1) is 18.5. The molecule has 1 fully saturated rings. The Labute approximate surface area is 221 Å². The van der Waals surface area contributed by atoms with Gasteiger partial charge in [-0.2, -0.15) is 8.78 Å². The van der Waals surface area contributed by atoms with Crippen LogP contribution in [0.15, 0.2) is 48.9 Å². The van der Waals surface area contributed by atoms with Crippen molar-refractivity contribution in [2.24, 2.45) is 0 Å². The highest BCUT2D eigenvalue weighted by Crippen LogP contribution is 2.47. The molecule has 0 bridgehead atoms. The Kier molecular flexibility index (Phi) is 6.12. The molecule has 0 saturated heterocycles. The Morgan fingerprint density at radius 2 is 1.77 bits per heavy atom. The van der Waals surface area contributed by atoms with Gasteiger partial charge in [-0.15, -0.1) is 0 Å². The van der Waals surface area contributed by atoms with E-state index in [9.17, 15) is 24.1 Å². The third-order valence-electron chi connectivity index (χ3n) is 7.92. The summed E-state index contributed by atoms with van der Waals surface area (Å²) in [4.78, 5) is 13.1. The minimum atomic E-state index is -3.01. The molecule has 11 heteroatoms. The highest BCUT2D eigenvalue weighted by molar-refractivity contribution is 5.65. The first-order valence-corrected chi connectivity index (χ1v) is 12.8. The van der Waals surface area contributed by atoms with Crippen molar-refractivity contribution in [1.29, 1.82) is 0 Å². The van der Waals surface area contributed by atoms with Gasteiger partial charge < -0.3 is 24.5 Å². The quantitative estimate of drug-likeness (QED) is 0.339. The molecular weight excluding hydrogens is 513 g/mol. The van der Waals surface area contributed by atoms with Gasteiger partial charge in [0.25, 0.3) is 0 Å². The third-order valence-corrected chi connectivity index (χ3v) is 7.92. The summed E-state index contributed by atoms with van der Waals surface area (Å²) >= 11 is 0. The molecular formula is C28H27F3N4O4. The molecule has 204 valence electrons. The van der Waals surface area contributed by atoms with E-state index in [4.69, 9.17) is 4.74 Å². The van der Waals surface area contributed by atoms with Gasteiger partial charge >= 0.3 is 6.61 Å². The van der Waals surface area contributed by atoms with Crippen LogP contribution in [0, 0.1) is 5.82 Å². The maximum absolute atomic E-state index is 15.3. The lowest BCUT2D eigenvalue weighted by Crippen LogP contribution is -2.40. The number of imidazole rings is 1. The Bertz CT molecular complexity index is 1530. The zero-order valence-corrected chi connectivity index (χ0v) is 21.1. The number of benzene rings is 1. The van der Waals surface area contributed by atoms with E-state index in [1.807, 2.05) is 0 Å². The minimum Gasteiger partial charge on any atom is -0.435 e. The van der Waals surface area contributed by atoms with Crippen LogP contribution in [-0.4, -0.2) is 46.9 Å². The summed E-state index contributed by atoms with van der Waals surface area (Å²) in [5.41, 5.74) is 0.0666. The van der Waals surface area contributed by atoms with Crippen LogP contribution in [0.5, 0.6) is 5.75 Å². The second-order valence-corrected chi connectivity index (χ2v) is 10.7. The number of rotatable bonds is 5. The standard InChI is InChI=1S/C28H27F3N4O4/c1-27(37)6-8-28(38,9-7-27)25-32-12-15(13-33-25)18-14-35-22(11-19(18)29)34-23-20(36)10-17(24(23)35)16-4-2-3-5-21(16)39-26(30)31/h2-5,11-14,17,20,26,36-38H,6-10H2,1H3/t17-,20-,27?,28?/m1/s1. The van der Waals surface area contributed by atoms with Crippen molar-refractivity contribution in [2.75, 3.05) is 0 Å². The number of hydrogen-bond donors (Lipinski definition) is 3. The van der Waals surface area contributed by atoms with Gasteiger partial charge in [-0.25, -0.2) is 19.3 Å². The van der Waals surface area contributed by atoms with Crippen molar-refractivity contribution in [3.05, 3.63) is 77.5 Å². The van der Waals surface area contributed by atoms with E-state index in [0.29, 0.717) is 48.2 Å². The molecule has 0 spiro atoms. The number of aliphatic hydroxyl groups is 3. The summed E-state index contributed by atoms with van der Waals surface area (Å²) in [7, 11) is 0. The number of ether oxygens (including phenoxy) is 1. The molecule has 3 heterocycles. The fraction of sp³-hybridized carbons (Fsp3) is 0.393. The molecule has 4 aromatic rings. The molecule has 2 atom stereocenters. The molecule has 1 aromatic carbocycles. The van der Waals surface area contributed by atoms with Crippen LogP contribution in [-0.2, 0) is 5.60 Å². The summed E-state index contributed by atoms with van der Waals surface area (Å²) < 4.78 is 47.8. The number of para-hydroxylation sites is 1. The van der Waals surface area contributed by atoms with Crippen LogP contribution < -0.4 is 4.74 Å². The summed E-state index contributed by atoms with van der Waals surface area (Å²) in [5.74, 6) is -0.886. The monoisotopic (exact) mass is 540 g/mol. The number of fused-ring (bicyclic) bond motifs is 3. The third kappa shape index (κ3) is 4.54. The van der Waals surface area contributed by atoms with Gasteiger partial charge in [0.15, 0.2) is 5.82 Å². The van der Waals surface area contributed by atoms with E-state index < -0.39 is 35.7 Å². The van der Waals surface area contributed by atoms with Crippen LogP contribution in [0.2, 0.25) is 0 Å². The van der Waals surface area contributed by atoms with Crippen LogP contribution >= 0.6 is 0 Å². The van der Waals surface area contributed by atoms with Gasteiger partial charge in [0, 0.05) is 47.3 Å². The van der Waals surface area contributed by atoms with E-state index in [1.165, 1.54) is 30.7 Å². The highest BCUT2D eigenvalue weighted by Gasteiger charge is 2.41. The van der Waals surface area contributed by atoms with Crippen molar-refractivity contribution in [2.45, 2.75) is 68.9 Å². The van der Waals surface area contributed by atoms with E-state index in [0.717, 1.165) is 0 Å². The maximum atomic E-state index is 15.3. The number of aromatic nitrogens is 4. The molecule has 3 aromatic heterocycles. The first kappa shape index (κ1) is 25.7. The minimum absolute atomic E-state index is 0.000909. The van der Waals surface area contributed by atoms with E-state index in [-0.39, 0.29) is 29.2 Å². The van der Waals surface area contributed by atoms with Crippen LogP contribution in [0.3, 0.4) is 0 Å². The van der Waals surface area contributed by atoms with Gasteiger partial charge in [0.05, 0.1) is 23.1 Å². The number of nitrogens with zero attached hydrogens (tertiary/aromatic N) is 4. The number of halogens is 3. The maximum Gasteiger partial charge on any atom is 0.387 e. The molecule has 0 radical (unpaired) electrons. The molecule has 0 amide bonds. The Hall–Kier alpha value is -3.54. The fourth-order valence-electron chi connectivity index (χ4n) is 5.73. The van der Waals surface area contributed by atoms with Gasteiger partial charge in [-0.1, -0.05) is 18.2 Å². The van der Waals surface area contributed by atoms with Crippen LogP contribution in [0.1, 0.15) is 73.8 Å². The first-order valence-electron chi connectivity index (χ1n) is 12.8. The molecule has 1 saturated carbocycles. The van der Waals surface area contributed by atoms with Crippen molar-refractivity contribution < 1.29 is 33.2 Å². The second kappa shape index (κ2) is 9.29. The summed E-state index contributed by atoms with van der Waals surface area (Å²) in [6.45, 7) is -1.28. The van der Waals surface area contributed by atoms with Crippen molar-refractivity contribution in [3.63, 3.8) is 0 Å². The Balaban J connectivity index is 1.39. The molecule has 0 unspecified atom stereocenters. The van der Waals surface area contributed by atoms with Gasteiger partial charge in [-0.05, 0) is 45.1 Å². The highest BCUT2D eigenvalue weighted by atomic mass is 19.3. The number of pyridine rings is 1. The van der Waals surface area contributed by atoms with Crippen molar-refractivity contribution >= 4 is 5.65 Å². The SMILES string of the molecule is CC1(O)CCC(O)(c2ncc(-c3cn4c5c(nc4cc3F)[C@H](O)C[C@@H]5c3ccccc3OC(F)F)cn2)CC1. The summed E-state index contributed by atoms with van der Waals surface area (Å²) in [6, 6.07) is 7.64. The predicted octanol–water partition coefficient (Wildman–Crippen LogP) is 4.61. The summed E-state index contributed by atoms with van der Waals surface area (Å²) in [5, 5.41) is 32.0. The van der Waals surface area contributed by atoms with Gasteiger partial charge in [0.2, 0.25) is 0 Å². The smallest absolute Gasteiger partial charge is 0.387 e. The predicted molar refractivity (Wildman–Crippen MR) is 134 cm³/mol. The number of aliphatic hydroxyl groups excluding tert-OH is 1. The average molecular weight is 541 g/mol. The Morgan fingerprint density at radius 3 is 2.46 bits per heavy atom. The molecule has 2 aliphatic rings.